The van der Waals surface area contributed by atoms with Crippen molar-refractivity contribution in [2.75, 3.05) is 7.11 Å². The van der Waals surface area contributed by atoms with Gasteiger partial charge in [0.05, 0.1) is 31.0 Å². The first-order valence-corrected chi connectivity index (χ1v) is 5.54. The van der Waals surface area contributed by atoms with Gasteiger partial charge in [0.25, 0.3) is 6.43 Å². The summed E-state index contributed by atoms with van der Waals surface area (Å²) >= 11 is 3.18. The maximum atomic E-state index is 12.7. The van der Waals surface area contributed by atoms with Gasteiger partial charge in [0.1, 0.15) is 5.75 Å². The van der Waals surface area contributed by atoms with E-state index in [1.807, 2.05) is 6.07 Å². The Morgan fingerprint density at radius 3 is 2.69 bits per heavy atom. The van der Waals surface area contributed by atoms with Gasteiger partial charge in [-0.2, -0.15) is 5.26 Å². The molecule has 0 aromatic carbocycles. The summed E-state index contributed by atoms with van der Waals surface area (Å²) < 4.78 is 30.3. The van der Waals surface area contributed by atoms with Gasteiger partial charge in [-0.3, -0.25) is 4.98 Å². The highest BCUT2D eigenvalue weighted by molar-refractivity contribution is 9.08. The fourth-order valence-corrected chi connectivity index (χ4v) is 1.67. The van der Waals surface area contributed by atoms with Crippen LogP contribution < -0.4 is 4.74 Å². The van der Waals surface area contributed by atoms with Crippen molar-refractivity contribution >= 4 is 15.9 Å². The van der Waals surface area contributed by atoms with E-state index in [-0.39, 0.29) is 17.7 Å². The zero-order valence-corrected chi connectivity index (χ0v) is 10.1. The largest absolute Gasteiger partial charge is 0.495 e. The summed E-state index contributed by atoms with van der Waals surface area (Å²) in [6.07, 6.45) is -2.79. The number of aromatic nitrogens is 1. The number of halogens is 3. The summed E-state index contributed by atoms with van der Waals surface area (Å²) in [4.78, 5) is 4.00. The number of nitriles is 1. The van der Waals surface area contributed by atoms with Crippen molar-refractivity contribution in [3.05, 3.63) is 23.0 Å². The van der Waals surface area contributed by atoms with E-state index in [0.29, 0.717) is 16.8 Å². The van der Waals surface area contributed by atoms with Crippen LogP contribution in [0.4, 0.5) is 8.78 Å². The lowest BCUT2D eigenvalue weighted by molar-refractivity contribution is 0.149. The van der Waals surface area contributed by atoms with Crippen molar-refractivity contribution in [3.8, 4) is 11.8 Å². The molecule has 6 heteroatoms. The van der Waals surface area contributed by atoms with E-state index < -0.39 is 6.43 Å². The number of methoxy groups -OCH3 is 1. The summed E-state index contributed by atoms with van der Waals surface area (Å²) in [7, 11) is 1.39. The Morgan fingerprint density at radius 2 is 2.25 bits per heavy atom. The lowest BCUT2D eigenvalue weighted by atomic mass is 10.1. The molecule has 86 valence electrons. The van der Waals surface area contributed by atoms with E-state index >= 15 is 0 Å². The Labute approximate surface area is 100 Å². The molecule has 0 atom stereocenters. The number of ether oxygens (including phenoxy) is 1. The molecule has 0 N–H and O–H groups in total. The van der Waals surface area contributed by atoms with E-state index in [0.717, 1.165) is 0 Å². The zero-order chi connectivity index (χ0) is 12.1. The van der Waals surface area contributed by atoms with Crippen molar-refractivity contribution in [2.45, 2.75) is 18.2 Å². The predicted octanol–water partition coefficient (Wildman–Crippen LogP) is 2.99. The fourth-order valence-electron chi connectivity index (χ4n) is 1.27. The van der Waals surface area contributed by atoms with Crippen molar-refractivity contribution in [1.29, 1.82) is 5.26 Å². The number of nitrogens with zero attached hydrogens (tertiary/aromatic N) is 2. The first-order valence-electron chi connectivity index (χ1n) is 4.41. The van der Waals surface area contributed by atoms with Crippen LogP contribution in [0, 0.1) is 11.3 Å². The van der Waals surface area contributed by atoms with Crippen molar-refractivity contribution in [2.24, 2.45) is 0 Å². The number of rotatable bonds is 4. The van der Waals surface area contributed by atoms with Gasteiger partial charge >= 0.3 is 0 Å². The standard InChI is InChI=1S/C10H9BrF2N2O/c1-16-9-4-6(10(12)13)7(2-3-14)15-8(9)5-11/h4,10H,2,5H2,1H3. The molecule has 0 saturated carbocycles. The Hall–Kier alpha value is -1.22. The van der Waals surface area contributed by atoms with Crippen LogP contribution >= 0.6 is 15.9 Å². The molecule has 1 aromatic rings. The van der Waals surface area contributed by atoms with Crippen LogP contribution in [0.2, 0.25) is 0 Å². The van der Waals surface area contributed by atoms with Crippen LogP contribution in [0.3, 0.4) is 0 Å². The quantitative estimate of drug-likeness (QED) is 0.801. The predicted molar refractivity (Wildman–Crippen MR) is 57.7 cm³/mol. The molecule has 0 unspecified atom stereocenters. The van der Waals surface area contributed by atoms with E-state index in [1.54, 1.807) is 0 Å². The molecule has 1 aromatic heterocycles. The molecule has 0 aliphatic carbocycles. The molecule has 0 bridgehead atoms. The van der Waals surface area contributed by atoms with Gasteiger partial charge in [0, 0.05) is 10.9 Å². The minimum absolute atomic E-state index is 0.104. The summed E-state index contributed by atoms with van der Waals surface area (Å²) in [5, 5.41) is 8.93. The molecule has 0 radical (unpaired) electrons. The van der Waals surface area contributed by atoms with Crippen LogP contribution in [0.5, 0.6) is 5.75 Å². The minimum Gasteiger partial charge on any atom is -0.495 e. The molecule has 0 aliphatic rings. The summed E-state index contributed by atoms with van der Waals surface area (Å²) in [5.41, 5.74) is 0.369. The second-order valence-electron chi connectivity index (χ2n) is 2.94. The van der Waals surface area contributed by atoms with Crippen molar-refractivity contribution in [3.63, 3.8) is 0 Å². The summed E-state index contributed by atoms with van der Waals surface area (Å²) in [6, 6.07) is 3.05. The van der Waals surface area contributed by atoms with Gasteiger partial charge in [-0.15, -0.1) is 0 Å². The smallest absolute Gasteiger partial charge is 0.265 e. The molecular formula is C10H9BrF2N2O. The van der Waals surface area contributed by atoms with Gasteiger partial charge < -0.3 is 4.74 Å². The first kappa shape index (κ1) is 12.8. The van der Waals surface area contributed by atoms with Gasteiger partial charge in [0.2, 0.25) is 0 Å². The van der Waals surface area contributed by atoms with E-state index in [9.17, 15) is 8.78 Å². The first-order chi connectivity index (χ1) is 7.63. The highest BCUT2D eigenvalue weighted by Crippen LogP contribution is 2.29. The number of pyridine rings is 1. The summed E-state index contributed by atoms with van der Waals surface area (Å²) in [6.45, 7) is 0. The lowest BCUT2D eigenvalue weighted by Gasteiger charge is -2.11. The number of hydrogen-bond acceptors (Lipinski definition) is 3. The third-order valence-electron chi connectivity index (χ3n) is 2.00. The SMILES string of the molecule is COc1cc(C(F)F)c(CC#N)nc1CBr. The summed E-state index contributed by atoms with van der Waals surface area (Å²) in [5.74, 6) is 0.300. The zero-order valence-electron chi connectivity index (χ0n) is 8.51. The molecule has 1 rings (SSSR count). The maximum absolute atomic E-state index is 12.7. The minimum atomic E-state index is -2.66. The van der Waals surface area contributed by atoms with E-state index in [4.69, 9.17) is 10.00 Å². The molecule has 0 fully saturated rings. The second-order valence-corrected chi connectivity index (χ2v) is 3.50. The van der Waals surface area contributed by atoms with Gasteiger partial charge in [-0.25, -0.2) is 8.78 Å². The average molecular weight is 291 g/mol. The van der Waals surface area contributed by atoms with E-state index in [1.165, 1.54) is 13.2 Å². The van der Waals surface area contributed by atoms with Gasteiger partial charge in [-0.05, 0) is 6.07 Å². The molecule has 0 spiro atoms. The highest BCUT2D eigenvalue weighted by atomic mass is 79.9. The van der Waals surface area contributed by atoms with Crippen molar-refractivity contribution in [1.82, 2.24) is 4.98 Å². The maximum Gasteiger partial charge on any atom is 0.265 e. The molecule has 0 amide bonds. The van der Waals surface area contributed by atoms with Crippen LogP contribution in [-0.2, 0) is 11.8 Å². The number of hydrogen-bond donors (Lipinski definition) is 0. The fraction of sp³-hybridized carbons (Fsp3) is 0.400. The van der Waals surface area contributed by atoms with E-state index in [2.05, 4.69) is 20.9 Å². The van der Waals surface area contributed by atoms with Crippen LogP contribution in [0.25, 0.3) is 0 Å². The Bertz CT molecular complexity index is 418. The molecule has 1 heterocycles. The van der Waals surface area contributed by atoms with Crippen LogP contribution in [-0.4, -0.2) is 12.1 Å². The van der Waals surface area contributed by atoms with Gasteiger partial charge in [0.15, 0.2) is 0 Å². The van der Waals surface area contributed by atoms with Crippen LogP contribution in [0.15, 0.2) is 6.07 Å². The number of alkyl halides is 3. The van der Waals surface area contributed by atoms with Crippen LogP contribution in [0.1, 0.15) is 23.4 Å². The molecule has 0 saturated heterocycles. The third-order valence-corrected chi connectivity index (χ3v) is 2.53. The molecule has 3 nitrogen and oxygen atoms in total. The molecule has 16 heavy (non-hydrogen) atoms. The monoisotopic (exact) mass is 290 g/mol. The van der Waals surface area contributed by atoms with Gasteiger partial charge in [-0.1, -0.05) is 15.9 Å². The molecule has 0 aliphatic heterocycles. The third kappa shape index (κ3) is 2.67. The lowest BCUT2D eigenvalue weighted by Crippen LogP contribution is -2.03. The highest BCUT2D eigenvalue weighted by Gasteiger charge is 2.18. The average Bonchev–Trinajstić information content (AvgIpc) is 2.28. The molecular weight excluding hydrogens is 282 g/mol. The Morgan fingerprint density at radius 1 is 1.56 bits per heavy atom. The Kier molecular flexibility index (Phi) is 4.62. The Balaban J connectivity index is 3.30. The second kappa shape index (κ2) is 5.75. The topological polar surface area (TPSA) is 45.9 Å². The van der Waals surface area contributed by atoms with Crippen molar-refractivity contribution < 1.29 is 13.5 Å². The normalized spacial score (nSPS) is 10.2.